The van der Waals surface area contributed by atoms with Crippen LogP contribution in [0.3, 0.4) is 0 Å². The highest BCUT2D eigenvalue weighted by molar-refractivity contribution is 6.00. The Bertz CT molecular complexity index is 883. The van der Waals surface area contributed by atoms with Gasteiger partial charge in [0.1, 0.15) is 0 Å². The Hall–Kier alpha value is -3.21. The maximum absolute atomic E-state index is 11.9. The third-order valence-corrected chi connectivity index (χ3v) is 3.64. The predicted molar refractivity (Wildman–Crippen MR) is 93.3 cm³/mol. The van der Waals surface area contributed by atoms with E-state index in [-0.39, 0.29) is 11.9 Å². The molecule has 5 heteroatoms. The number of aryl methyl sites for hydroxylation is 2. The first kappa shape index (κ1) is 15.7. The molecule has 1 heterocycles. The molecule has 120 valence electrons. The van der Waals surface area contributed by atoms with Crippen molar-refractivity contribution in [2.45, 2.75) is 13.8 Å². The van der Waals surface area contributed by atoms with Gasteiger partial charge in [-0.1, -0.05) is 41.5 Å². The zero-order valence-corrected chi connectivity index (χ0v) is 13.5. The van der Waals surface area contributed by atoms with E-state index in [1.807, 2.05) is 62.4 Å². The van der Waals surface area contributed by atoms with Gasteiger partial charge in [0.15, 0.2) is 0 Å². The molecule has 0 spiro atoms. The van der Waals surface area contributed by atoms with Crippen LogP contribution in [0.1, 0.15) is 16.7 Å². The molecule has 0 bridgehead atoms. The summed E-state index contributed by atoms with van der Waals surface area (Å²) in [6.45, 7) is 4.06. The van der Waals surface area contributed by atoms with Crippen molar-refractivity contribution in [2.75, 3.05) is 5.32 Å². The highest BCUT2D eigenvalue weighted by Crippen LogP contribution is 2.22. The number of hydrogen-bond donors (Lipinski definition) is 1. The first-order chi connectivity index (χ1) is 11.6. The van der Waals surface area contributed by atoms with Gasteiger partial charge in [0.05, 0.1) is 0 Å². The number of carbonyl (C=O) groups is 1. The molecule has 24 heavy (non-hydrogen) atoms. The normalized spacial score (nSPS) is 10.9. The van der Waals surface area contributed by atoms with Crippen molar-refractivity contribution >= 4 is 18.0 Å². The van der Waals surface area contributed by atoms with Gasteiger partial charge in [-0.25, -0.2) is 0 Å². The fourth-order valence-electron chi connectivity index (χ4n) is 2.15. The second kappa shape index (κ2) is 6.91. The van der Waals surface area contributed by atoms with E-state index in [1.54, 1.807) is 6.08 Å². The van der Waals surface area contributed by atoms with Crippen molar-refractivity contribution in [3.63, 3.8) is 0 Å². The molecule has 0 saturated heterocycles. The predicted octanol–water partition coefficient (Wildman–Crippen LogP) is 4.01. The fraction of sp³-hybridized carbons (Fsp3) is 0.105. The van der Waals surface area contributed by atoms with Crippen LogP contribution in [0.4, 0.5) is 6.01 Å². The van der Waals surface area contributed by atoms with Crippen LogP contribution in [0, 0.1) is 13.8 Å². The standard InChI is InChI=1S/C19H17N3O2/c1-13-8-10-16(12-14(13)2)18-21-22-19(24-18)20-17(23)11-9-15-6-4-3-5-7-15/h3-12H,1-2H3,(H,20,22,23). The molecule has 0 unspecified atom stereocenters. The van der Waals surface area contributed by atoms with Gasteiger partial charge in [-0.05, 0) is 48.7 Å². The lowest BCUT2D eigenvalue weighted by atomic mass is 10.1. The summed E-state index contributed by atoms with van der Waals surface area (Å²) in [4.78, 5) is 11.9. The molecule has 0 aliphatic heterocycles. The van der Waals surface area contributed by atoms with Crippen molar-refractivity contribution < 1.29 is 9.21 Å². The minimum atomic E-state index is -0.325. The van der Waals surface area contributed by atoms with Gasteiger partial charge in [0.25, 0.3) is 5.91 Å². The minimum Gasteiger partial charge on any atom is -0.403 e. The van der Waals surface area contributed by atoms with Gasteiger partial charge in [0, 0.05) is 11.6 Å². The molecular weight excluding hydrogens is 302 g/mol. The zero-order chi connectivity index (χ0) is 16.9. The molecule has 0 atom stereocenters. The summed E-state index contributed by atoms with van der Waals surface area (Å²) in [7, 11) is 0. The van der Waals surface area contributed by atoms with Gasteiger partial charge in [0.2, 0.25) is 5.89 Å². The SMILES string of the molecule is Cc1ccc(-c2nnc(NC(=O)C=Cc3ccccc3)o2)cc1C. The summed E-state index contributed by atoms with van der Waals surface area (Å²) in [5.74, 6) is 0.0505. The first-order valence-electron chi connectivity index (χ1n) is 7.57. The molecular formula is C19H17N3O2. The van der Waals surface area contributed by atoms with Gasteiger partial charge in [-0.15, -0.1) is 5.10 Å². The van der Waals surface area contributed by atoms with Crippen molar-refractivity contribution in [1.29, 1.82) is 0 Å². The summed E-state index contributed by atoms with van der Waals surface area (Å²) >= 11 is 0. The minimum absolute atomic E-state index is 0.0749. The highest BCUT2D eigenvalue weighted by atomic mass is 16.4. The Balaban J connectivity index is 1.68. The van der Waals surface area contributed by atoms with Crippen LogP contribution in [-0.4, -0.2) is 16.1 Å². The molecule has 2 aromatic carbocycles. The van der Waals surface area contributed by atoms with E-state index >= 15 is 0 Å². The summed E-state index contributed by atoms with van der Waals surface area (Å²) in [6, 6.07) is 15.5. The molecule has 0 fully saturated rings. The molecule has 3 aromatic rings. The molecule has 1 amide bonds. The third kappa shape index (κ3) is 3.76. The summed E-state index contributed by atoms with van der Waals surface area (Å²) in [6.07, 6.45) is 3.14. The molecule has 0 saturated carbocycles. The fourth-order valence-corrected chi connectivity index (χ4v) is 2.15. The Morgan fingerprint density at radius 2 is 1.83 bits per heavy atom. The number of carbonyl (C=O) groups excluding carboxylic acids is 1. The smallest absolute Gasteiger partial charge is 0.322 e. The van der Waals surface area contributed by atoms with Crippen LogP contribution < -0.4 is 5.32 Å². The lowest BCUT2D eigenvalue weighted by molar-refractivity contribution is -0.112. The van der Waals surface area contributed by atoms with E-state index in [9.17, 15) is 4.79 Å². The molecule has 1 N–H and O–H groups in total. The number of benzene rings is 2. The van der Waals surface area contributed by atoms with Crippen LogP contribution in [0.5, 0.6) is 0 Å². The monoisotopic (exact) mass is 319 g/mol. The molecule has 3 rings (SSSR count). The van der Waals surface area contributed by atoms with Crippen molar-refractivity contribution in [3.8, 4) is 11.5 Å². The van der Waals surface area contributed by atoms with E-state index in [1.165, 1.54) is 11.6 Å². The number of rotatable bonds is 4. The van der Waals surface area contributed by atoms with E-state index < -0.39 is 0 Å². The molecule has 0 radical (unpaired) electrons. The Morgan fingerprint density at radius 1 is 1.04 bits per heavy atom. The average Bonchev–Trinajstić information content (AvgIpc) is 3.05. The Kier molecular flexibility index (Phi) is 4.52. The summed E-state index contributed by atoms with van der Waals surface area (Å²) in [5.41, 5.74) is 4.10. The maximum Gasteiger partial charge on any atom is 0.322 e. The number of nitrogens with zero attached hydrogens (tertiary/aromatic N) is 2. The molecule has 5 nitrogen and oxygen atoms in total. The van der Waals surface area contributed by atoms with Gasteiger partial charge in [-0.2, -0.15) is 0 Å². The lowest BCUT2D eigenvalue weighted by Crippen LogP contribution is -2.07. The van der Waals surface area contributed by atoms with E-state index in [0.717, 1.165) is 16.7 Å². The quantitative estimate of drug-likeness (QED) is 0.738. The molecule has 0 aliphatic carbocycles. The number of nitrogens with one attached hydrogen (secondary N) is 1. The topological polar surface area (TPSA) is 68.0 Å². The van der Waals surface area contributed by atoms with Gasteiger partial charge >= 0.3 is 6.01 Å². The van der Waals surface area contributed by atoms with E-state index in [4.69, 9.17) is 4.42 Å². The second-order valence-electron chi connectivity index (χ2n) is 5.44. The average molecular weight is 319 g/mol. The maximum atomic E-state index is 11.9. The summed E-state index contributed by atoms with van der Waals surface area (Å²) < 4.78 is 5.50. The number of hydrogen-bond acceptors (Lipinski definition) is 4. The van der Waals surface area contributed by atoms with Crippen LogP contribution in [0.15, 0.2) is 59.0 Å². The van der Waals surface area contributed by atoms with Crippen molar-refractivity contribution in [3.05, 3.63) is 71.3 Å². The lowest BCUT2D eigenvalue weighted by Gasteiger charge is -2.00. The number of amides is 1. The zero-order valence-electron chi connectivity index (χ0n) is 13.5. The molecule has 0 aliphatic rings. The molecule has 1 aromatic heterocycles. The number of anilines is 1. The number of aromatic nitrogens is 2. The van der Waals surface area contributed by atoms with Crippen LogP contribution in [-0.2, 0) is 4.79 Å². The Labute approximate surface area is 140 Å². The van der Waals surface area contributed by atoms with Crippen molar-refractivity contribution in [1.82, 2.24) is 10.2 Å². The Morgan fingerprint density at radius 3 is 2.58 bits per heavy atom. The second-order valence-corrected chi connectivity index (χ2v) is 5.44. The van der Waals surface area contributed by atoms with Crippen LogP contribution in [0.2, 0.25) is 0 Å². The first-order valence-corrected chi connectivity index (χ1v) is 7.57. The highest BCUT2D eigenvalue weighted by Gasteiger charge is 2.10. The third-order valence-electron chi connectivity index (χ3n) is 3.64. The largest absolute Gasteiger partial charge is 0.403 e. The van der Waals surface area contributed by atoms with E-state index in [2.05, 4.69) is 15.5 Å². The summed E-state index contributed by atoms with van der Waals surface area (Å²) in [5, 5.41) is 10.4. The van der Waals surface area contributed by atoms with Crippen molar-refractivity contribution in [2.24, 2.45) is 0 Å². The van der Waals surface area contributed by atoms with Gasteiger partial charge < -0.3 is 4.42 Å². The van der Waals surface area contributed by atoms with Crippen LogP contribution >= 0.6 is 0 Å². The van der Waals surface area contributed by atoms with Gasteiger partial charge in [-0.3, -0.25) is 10.1 Å². The van der Waals surface area contributed by atoms with Crippen LogP contribution in [0.25, 0.3) is 17.5 Å². The van der Waals surface area contributed by atoms with E-state index in [0.29, 0.717) is 5.89 Å².